The predicted octanol–water partition coefficient (Wildman–Crippen LogP) is 4.06. The molecule has 1 atom stereocenters. The van der Waals surface area contributed by atoms with Gasteiger partial charge in [0.15, 0.2) is 0 Å². The molecule has 1 aromatic rings. The van der Waals surface area contributed by atoms with Crippen molar-refractivity contribution in [1.29, 1.82) is 0 Å². The molecule has 0 aliphatic rings. The van der Waals surface area contributed by atoms with Crippen molar-refractivity contribution in [3.8, 4) is 5.75 Å². The zero-order chi connectivity index (χ0) is 12.1. The van der Waals surface area contributed by atoms with E-state index in [0.29, 0.717) is 24.2 Å². The van der Waals surface area contributed by atoms with Gasteiger partial charge in [-0.15, -0.1) is 0 Å². The Bertz CT molecular complexity index is 344. The van der Waals surface area contributed by atoms with E-state index in [1.165, 1.54) is 12.1 Å². The minimum absolute atomic E-state index is 0.0875. The van der Waals surface area contributed by atoms with E-state index in [1.807, 2.05) is 0 Å². The maximum Gasteiger partial charge on any atom is 0.142 e. The summed E-state index contributed by atoms with van der Waals surface area (Å²) in [5.41, 5.74) is 0. The van der Waals surface area contributed by atoms with Crippen LogP contribution in [0.5, 0.6) is 5.75 Å². The van der Waals surface area contributed by atoms with Crippen molar-refractivity contribution < 1.29 is 9.13 Å². The fourth-order valence-corrected chi connectivity index (χ4v) is 1.92. The fourth-order valence-electron chi connectivity index (χ4n) is 1.23. The van der Waals surface area contributed by atoms with Gasteiger partial charge in [-0.25, -0.2) is 4.39 Å². The van der Waals surface area contributed by atoms with E-state index in [0.717, 1.165) is 5.75 Å². The number of halogens is 2. The van der Waals surface area contributed by atoms with Crippen LogP contribution in [0.15, 0.2) is 18.2 Å². The smallest absolute Gasteiger partial charge is 0.142 e. The maximum atomic E-state index is 12.9. The molecular weight excluding hydrogens is 247 g/mol. The molecule has 0 N–H and O–H groups in total. The largest absolute Gasteiger partial charge is 0.493 e. The molecule has 1 unspecified atom stereocenters. The monoisotopic (exact) mass is 262 g/mol. The first-order valence-electron chi connectivity index (χ1n) is 5.23. The molecule has 0 spiro atoms. The summed E-state index contributed by atoms with van der Waals surface area (Å²) < 4.78 is 18.4. The number of thiol groups is 1. The number of hydrogen-bond donors (Lipinski definition) is 1. The van der Waals surface area contributed by atoms with Crippen molar-refractivity contribution in [2.45, 2.75) is 13.8 Å². The minimum atomic E-state index is -0.427. The average molecular weight is 263 g/mol. The first-order chi connectivity index (χ1) is 7.54. The number of rotatable bonds is 5. The second-order valence-corrected chi connectivity index (χ2v) is 4.85. The third kappa shape index (κ3) is 3.87. The summed E-state index contributed by atoms with van der Waals surface area (Å²) in [7, 11) is 0. The van der Waals surface area contributed by atoms with E-state index < -0.39 is 5.82 Å². The van der Waals surface area contributed by atoms with Gasteiger partial charge in [0.1, 0.15) is 11.6 Å². The zero-order valence-electron chi connectivity index (χ0n) is 9.41. The summed E-state index contributed by atoms with van der Waals surface area (Å²) >= 11 is 9.93. The van der Waals surface area contributed by atoms with Crippen LogP contribution in [-0.4, -0.2) is 12.4 Å². The Morgan fingerprint density at radius 1 is 1.44 bits per heavy atom. The highest BCUT2D eigenvalue weighted by Gasteiger charge is 2.12. The molecular formula is C12H16ClFOS. The van der Waals surface area contributed by atoms with E-state index in [1.54, 1.807) is 6.07 Å². The summed E-state index contributed by atoms with van der Waals surface area (Å²) in [6.45, 7) is 4.83. The third-order valence-electron chi connectivity index (χ3n) is 2.53. The quantitative estimate of drug-likeness (QED) is 0.788. The Morgan fingerprint density at radius 3 is 2.62 bits per heavy atom. The Morgan fingerprint density at radius 2 is 2.12 bits per heavy atom. The van der Waals surface area contributed by atoms with Gasteiger partial charge >= 0.3 is 0 Å². The van der Waals surface area contributed by atoms with E-state index in [2.05, 4.69) is 26.5 Å². The van der Waals surface area contributed by atoms with Gasteiger partial charge in [0, 0.05) is 12.0 Å². The molecule has 0 aliphatic carbocycles. The highest BCUT2D eigenvalue weighted by molar-refractivity contribution is 7.80. The number of hydrogen-bond acceptors (Lipinski definition) is 2. The lowest BCUT2D eigenvalue weighted by Gasteiger charge is -2.19. The Hall–Kier alpha value is -0.410. The van der Waals surface area contributed by atoms with Gasteiger partial charge in [-0.05, 0) is 23.8 Å². The highest BCUT2D eigenvalue weighted by Crippen LogP contribution is 2.22. The molecule has 0 saturated heterocycles. The number of benzene rings is 1. The Labute approximate surface area is 106 Å². The fraction of sp³-hybridized carbons (Fsp3) is 0.500. The first-order valence-corrected chi connectivity index (χ1v) is 6.24. The lowest BCUT2D eigenvalue weighted by molar-refractivity contribution is 0.227. The summed E-state index contributed by atoms with van der Waals surface area (Å²) in [6, 6.07) is 4.38. The van der Waals surface area contributed by atoms with Crippen LogP contribution >= 0.6 is 24.2 Å². The van der Waals surface area contributed by atoms with Crippen LogP contribution in [0.3, 0.4) is 0 Å². The second-order valence-electron chi connectivity index (χ2n) is 4.07. The van der Waals surface area contributed by atoms with Gasteiger partial charge in [0.05, 0.1) is 11.6 Å². The van der Waals surface area contributed by atoms with Crippen LogP contribution in [0.1, 0.15) is 13.8 Å². The van der Waals surface area contributed by atoms with Gasteiger partial charge in [-0.1, -0.05) is 25.4 Å². The minimum Gasteiger partial charge on any atom is -0.493 e. The van der Waals surface area contributed by atoms with Gasteiger partial charge in [-0.3, -0.25) is 0 Å². The Balaban J connectivity index is 2.57. The normalized spacial score (nSPS) is 12.9. The average Bonchev–Trinajstić information content (AvgIpc) is 2.23. The summed E-state index contributed by atoms with van der Waals surface area (Å²) in [5.74, 6) is 1.83. The van der Waals surface area contributed by atoms with Crippen molar-refractivity contribution in [2.75, 3.05) is 12.4 Å². The first kappa shape index (κ1) is 13.7. The van der Waals surface area contributed by atoms with Crippen molar-refractivity contribution >= 4 is 24.2 Å². The molecule has 0 bridgehead atoms. The molecule has 0 heterocycles. The topological polar surface area (TPSA) is 9.23 Å². The van der Waals surface area contributed by atoms with Crippen LogP contribution in [-0.2, 0) is 0 Å². The molecule has 16 heavy (non-hydrogen) atoms. The van der Waals surface area contributed by atoms with Crippen LogP contribution in [0.25, 0.3) is 0 Å². The van der Waals surface area contributed by atoms with E-state index in [9.17, 15) is 4.39 Å². The summed E-state index contributed by atoms with van der Waals surface area (Å²) in [6.07, 6.45) is 0. The van der Waals surface area contributed by atoms with Crippen molar-refractivity contribution in [3.63, 3.8) is 0 Å². The summed E-state index contributed by atoms with van der Waals surface area (Å²) in [5, 5.41) is 0.0875. The standard InChI is InChI=1S/C12H16ClFOS/c1-8(2)9(7-16)6-15-10-3-4-12(14)11(13)5-10/h3-5,8-9,16H,6-7H2,1-2H3. The van der Waals surface area contributed by atoms with Gasteiger partial charge in [-0.2, -0.15) is 12.6 Å². The SMILES string of the molecule is CC(C)C(CS)COc1ccc(F)c(Cl)c1. The van der Waals surface area contributed by atoms with Crippen LogP contribution in [0, 0.1) is 17.7 Å². The van der Waals surface area contributed by atoms with Crippen LogP contribution in [0.4, 0.5) is 4.39 Å². The molecule has 1 nitrogen and oxygen atoms in total. The second kappa shape index (κ2) is 6.36. The molecule has 1 rings (SSSR count). The molecule has 0 radical (unpaired) electrons. The maximum absolute atomic E-state index is 12.9. The molecule has 0 saturated carbocycles. The zero-order valence-corrected chi connectivity index (χ0v) is 11.1. The van der Waals surface area contributed by atoms with Gasteiger partial charge in [0.25, 0.3) is 0 Å². The van der Waals surface area contributed by atoms with E-state index in [4.69, 9.17) is 16.3 Å². The molecule has 1 aromatic carbocycles. The highest BCUT2D eigenvalue weighted by atomic mass is 35.5. The summed E-state index contributed by atoms with van der Waals surface area (Å²) in [4.78, 5) is 0. The van der Waals surface area contributed by atoms with Crippen molar-refractivity contribution in [3.05, 3.63) is 29.0 Å². The number of ether oxygens (including phenoxy) is 1. The van der Waals surface area contributed by atoms with Crippen LogP contribution in [0.2, 0.25) is 5.02 Å². The lowest BCUT2D eigenvalue weighted by atomic mass is 9.99. The molecule has 0 aromatic heterocycles. The van der Waals surface area contributed by atoms with E-state index >= 15 is 0 Å². The molecule has 0 fully saturated rings. The third-order valence-corrected chi connectivity index (χ3v) is 3.29. The van der Waals surface area contributed by atoms with E-state index in [-0.39, 0.29) is 5.02 Å². The lowest BCUT2D eigenvalue weighted by Crippen LogP contribution is -2.19. The van der Waals surface area contributed by atoms with Gasteiger partial charge in [0.2, 0.25) is 0 Å². The predicted molar refractivity (Wildman–Crippen MR) is 69.1 cm³/mol. The molecule has 90 valence electrons. The molecule has 0 amide bonds. The van der Waals surface area contributed by atoms with Crippen molar-refractivity contribution in [1.82, 2.24) is 0 Å². The van der Waals surface area contributed by atoms with Gasteiger partial charge < -0.3 is 4.74 Å². The molecule has 4 heteroatoms. The van der Waals surface area contributed by atoms with Crippen LogP contribution < -0.4 is 4.74 Å². The van der Waals surface area contributed by atoms with Crippen molar-refractivity contribution in [2.24, 2.45) is 11.8 Å². The Kier molecular flexibility index (Phi) is 5.42. The molecule has 0 aliphatic heterocycles.